The third-order valence-electron chi connectivity index (χ3n) is 3.34. The van der Waals surface area contributed by atoms with E-state index in [1.54, 1.807) is 6.07 Å². The minimum Gasteiger partial charge on any atom is -0.493 e. The summed E-state index contributed by atoms with van der Waals surface area (Å²) in [5.74, 6) is -0.558. The van der Waals surface area contributed by atoms with Crippen molar-refractivity contribution < 1.29 is 24.2 Å². The zero-order valence-electron chi connectivity index (χ0n) is 11.7. The van der Waals surface area contributed by atoms with Gasteiger partial charge >= 0.3 is 5.97 Å². The molecule has 2 N–H and O–H groups in total. The van der Waals surface area contributed by atoms with Gasteiger partial charge in [0.1, 0.15) is 6.04 Å². The standard InChI is InChI=1S/C14H16BrNO5/c1-20-10-6-8(5-9(15)12(10)21-2)13(17)16-11(14(18)19)7-3-4-7/h5-7,11H,3-4H2,1-2H3,(H,16,17)(H,18,19). The van der Waals surface area contributed by atoms with Crippen LogP contribution in [-0.2, 0) is 4.79 Å². The highest BCUT2D eigenvalue weighted by molar-refractivity contribution is 9.10. The molecule has 6 nitrogen and oxygen atoms in total. The number of rotatable bonds is 6. The number of methoxy groups -OCH3 is 2. The van der Waals surface area contributed by atoms with E-state index >= 15 is 0 Å². The smallest absolute Gasteiger partial charge is 0.326 e. The Kier molecular flexibility index (Phi) is 4.72. The Morgan fingerprint density at radius 1 is 1.33 bits per heavy atom. The summed E-state index contributed by atoms with van der Waals surface area (Å²) in [6.07, 6.45) is 1.65. The van der Waals surface area contributed by atoms with Crippen LogP contribution in [0.25, 0.3) is 0 Å². The topological polar surface area (TPSA) is 84.9 Å². The molecule has 114 valence electrons. The van der Waals surface area contributed by atoms with Gasteiger partial charge in [-0.3, -0.25) is 4.79 Å². The molecule has 2 rings (SSSR count). The third kappa shape index (κ3) is 3.47. The number of carboxylic acid groups (broad SMARTS) is 1. The second kappa shape index (κ2) is 6.34. The van der Waals surface area contributed by atoms with Crippen molar-refractivity contribution in [2.45, 2.75) is 18.9 Å². The van der Waals surface area contributed by atoms with Crippen LogP contribution >= 0.6 is 15.9 Å². The lowest BCUT2D eigenvalue weighted by Crippen LogP contribution is -2.42. The number of ether oxygens (including phenoxy) is 2. The molecule has 1 aromatic rings. The maximum atomic E-state index is 12.2. The lowest BCUT2D eigenvalue weighted by atomic mass is 10.1. The number of nitrogens with one attached hydrogen (secondary N) is 1. The molecule has 7 heteroatoms. The number of carbonyl (C=O) groups is 2. The van der Waals surface area contributed by atoms with Crippen molar-refractivity contribution >= 4 is 27.8 Å². The molecule has 21 heavy (non-hydrogen) atoms. The summed E-state index contributed by atoms with van der Waals surface area (Å²) in [6.45, 7) is 0. The summed E-state index contributed by atoms with van der Waals surface area (Å²) in [5.41, 5.74) is 0.312. The molecule has 0 radical (unpaired) electrons. The Balaban J connectivity index is 2.22. The van der Waals surface area contributed by atoms with Gasteiger partial charge in [-0.05, 0) is 46.8 Å². The van der Waals surface area contributed by atoms with Gasteiger partial charge in [0.2, 0.25) is 0 Å². The summed E-state index contributed by atoms with van der Waals surface area (Å²) in [5, 5.41) is 11.7. The lowest BCUT2D eigenvalue weighted by Gasteiger charge is -2.15. The first-order valence-corrected chi connectivity index (χ1v) is 7.22. The minimum absolute atomic E-state index is 0.0232. The van der Waals surface area contributed by atoms with E-state index in [0.717, 1.165) is 12.8 Å². The second-order valence-corrected chi connectivity index (χ2v) is 5.67. The Hall–Kier alpha value is -1.76. The zero-order valence-corrected chi connectivity index (χ0v) is 13.3. The molecular formula is C14H16BrNO5. The van der Waals surface area contributed by atoms with Crippen LogP contribution in [0.1, 0.15) is 23.2 Å². The number of carbonyl (C=O) groups excluding carboxylic acids is 1. The molecule has 0 heterocycles. The quantitative estimate of drug-likeness (QED) is 0.813. The van der Waals surface area contributed by atoms with Crippen LogP contribution in [0.2, 0.25) is 0 Å². The van der Waals surface area contributed by atoms with Crippen LogP contribution in [0.5, 0.6) is 11.5 Å². The molecule has 1 amide bonds. The number of aliphatic carboxylic acids is 1. The molecule has 0 spiro atoms. The Morgan fingerprint density at radius 3 is 2.48 bits per heavy atom. The van der Waals surface area contributed by atoms with E-state index in [-0.39, 0.29) is 5.92 Å². The summed E-state index contributed by atoms with van der Waals surface area (Å²) in [7, 11) is 2.96. The molecule has 1 fully saturated rings. The van der Waals surface area contributed by atoms with Crippen molar-refractivity contribution in [1.29, 1.82) is 0 Å². The number of amides is 1. The minimum atomic E-state index is -1.01. The van der Waals surface area contributed by atoms with Gasteiger partial charge < -0.3 is 19.9 Å². The number of carboxylic acids is 1. The van der Waals surface area contributed by atoms with Gasteiger partial charge in [0.25, 0.3) is 5.91 Å². The molecule has 1 aliphatic carbocycles. The Labute approximate surface area is 130 Å². The van der Waals surface area contributed by atoms with Crippen LogP contribution in [0.4, 0.5) is 0 Å². The molecule has 0 aliphatic heterocycles. The van der Waals surface area contributed by atoms with Crippen molar-refractivity contribution in [3.8, 4) is 11.5 Å². The van der Waals surface area contributed by atoms with Crippen LogP contribution in [0, 0.1) is 5.92 Å². The van der Waals surface area contributed by atoms with E-state index in [2.05, 4.69) is 21.2 Å². The highest BCUT2D eigenvalue weighted by Gasteiger charge is 2.37. The molecule has 1 saturated carbocycles. The van der Waals surface area contributed by atoms with Gasteiger partial charge in [-0.1, -0.05) is 0 Å². The fourth-order valence-electron chi connectivity index (χ4n) is 2.08. The summed E-state index contributed by atoms with van der Waals surface area (Å²) in [4.78, 5) is 23.4. The first kappa shape index (κ1) is 15.6. The first-order chi connectivity index (χ1) is 9.97. The van der Waals surface area contributed by atoms with E-state index in [1.165, 1.54) is 20.3 Å². The monoisotopic (exact) mass is 357 g/mol. The maximum absolute atomic E-state index is 12.2. The number of hydrogen-bond donors (Lipinski definition) is 2. The zero-order chi connectivity index (χ0) is 15.6. The highest BCUT2D eigenvalue weighted by Crippen LogP contribution is 2.37. The largest absolute Gasteiger partial charge is 0.493 e. The normalized spacial score (nSPS) is 15.2. The van der Waals surface area contributed by atoms with E-state index in [4.69, 9.17) is 14.6 Å². The van der Waals surface area contributed by atoms with E-state index < -0.39 is 17.9 Å². The molecule has 1 aliphatic rings. The fraction of sp³-hybridized carbons (Fsp3) is 0.429. The van der Waals surface area contributed by atoms with Crippen molar-refractivity contribution in [2.75, 3.05) is 14.2 Å². The summed E-state index contributed by atoms with van der Waals surface area (Å²) >= 11 is 3.30. The number of hydrogen-bond acceptors (Lipinski definition) is 4. The fourth-order valence-corrected chi connectivity index (χ4v) is 2.69. The van der Waals surface area contributed by atoms with Crippen LogP contribution < -0.4 is 14.8 Å². The van der Waals surface area contributed by atoms with Crippen LogP contribution in [0.15, 0.2) is 16.6 Å². The molecule has 0 bridgehead atoms. The van der Waals surface area contributed by atoms with Crippen molar-refractivity contribution in [3.63, 3.8) is 0 Å². The predicted molar refractivity (Wildman–Crippen MR) is 78.9 cm³/mol. The lowest BCUT2D eigenvalue weighted by molar-refractivity contribution is -0.139. The van der Waals surface area contributed by atoms with E-state index in [0.29, 0.717) is 21.5 Å². The molecular weight excluding hydrogens is 342 g/mol. The SMILES string of the molecule is COc1cc(C(=O)NC(C(=O)O)C2CC2)cc(Br)c1OC. The number of halogens is 1. The predicted octanol–water partition coefficient (Wildman–Crippen LogP) is 2.06. The van der Waals surface area contributed by atoms with E-state index in [9.17, 15) is 9.59 Å². The molecule has 1 aromatic carbocycles. The Bertz CT molecular complexity index is 571. The van der Waals surface area contributed by atoms with Gasteiger partial charge in [-0.2, -0.15) is 0 Å². The Morgan fingerprint density at radius 2 is 2.00 bits per heavy atom. The molecule has 1 atom stereocenters. The van der Waals surface area contributed by atoms with Gasteiger partial charge in [0, 0.05) is 5.56 Å². The van der Waals surface area contributed by atoms with Crippen LogP contribution in [0.3, 0.4) is 0 Å². The van der Waals surface area contributed by atoms with E-state index in [1.807, 2.05) is 0 Å². The van der Waals surface area contributed by atoms with Crippen molar-refractivity contribution in [3.05, 3.63) is 22.2 Å². The second-order valence-electron chi connectivity index (χ2n) is 4.82. The maximum Gasteiger partial charge on any atom is 0.326 e. The summed E-state index contributed by atoms with van der Waals surface area (Å²) < 4.78 is 10.9. The van der Waals surface area contributed by atoms with Crippen molar-refractivity contribution in [2.24, 2.45) is 5.92 Å². The highest BCUT2D eigenvalue weighted by atomic mass is 79.9. The van der Waals surface area contributed by atoms with Gasteiger partial charge in [0.05, 0.1) is 18.7 Å². The van der Waals surface area contributed by atoms with Gasteiger partial charge in [-0.15, -0.1) is 0 Å². The van der Waals surface area contributed by atoms with Gasteiger partial charge in [-0.25, -0.2) is 4.79 Å². The number of benzene rings is 1. The summed E-state index contributed by atoms with van der Waals surface area (Å²) in [6, 6.07) is 2.25. The van der Waals surface area contributed by atoms with Crippen LogP contribution in [-0.4, -0.2) is 37.2 Å². The third-order valence-corrected chi connectivity index (χ3v) is 3.93. The van der Waals surface area contributed by atoms with Crippen molar-refractivity contribution in [1.82, 2.24) is 5.32 Å². The van der Waals surface area contributed by atoms with Gasteiger partial charge in [0.15, 0.2) is 11.5 Å². The average molecular weight is 358 g/mol. The average Bonchev–Trinajstić information content (AvgIpc) is 3.27. The molecule has 0 saturated heterocycles. The molecule has 1 unspecified atom stereocenters. The molecule has 0 aromatic heterocycles. The first-order valence-electron chi connectivity index (χ1n) is 6.43.